The highest BCUT2D eigenvalue weighted by Crippen LogP contribution is 2.20. The zero-order valence-electron chi connectivity index (χ0n) is 16.8. The summed E-state index contributed by atoms with van der Waals surface area (Å²) in [7, 11) is 0. The van der Waals surface area contributed by atoms with E-state index in [0.717, 1.165) is 19.3 Å². The summed E-state index contributed by atoms with van der Waals surface area (Å²) in [5.41, 5.74) is -0.821. The molecule has 0 aromatic heterocycles. The first-order valence-electron chi connectivity index (χ1n) is 9.09. The van der Waals surface area contributed by atoms with E-state index >= 15 is 0 Å². The molecule has 0 amide bonds. The SMILES string of the molecule is C=C(C)C(=O)OCCOC(C)(CC)C(=O)CCCCCOC(C)(C)NI. The number of rotatable bonds is 15. The van der Waals surface area contributed by atoms with Crippen LogP contribution in [0.1, 0.15) is 66.7 Å². The van der Waals surface area contributed by atoms with Gasteiger partial charge in [0.1, 0.15) is 17.9 Å². The van der Waals surface area contributed by atoms with Gasteiger partial charge in [-0.1, -0.05) is 19.9 Å². The maximum atomic E-state index is 12.5. The van der Waals surface area contributed by atoms with Crippen molar-refractivity contribution in [2.45, 2.75) is 78.0 Å². The first-order valence-corrected chi connectivity index (χ1v) is 10.2. The number of ether oxygens (including phenoxy) is 3. The molecule has 0 spiro atoms. The zero-order chi connectivity index (χ0) is 20.2. The quantitative estimate of drug-likeness (QED) is 0.0944. The van der Waals surface area contributed by atoms with Crippen LogP contribution in [0.2, 0.25) is 0 Å². The lowest BCUT2D eigenvalue weighted by Crippen LogP contribution is -2.39. The van der Waals surface area contributed by atoms with Gasteiger partial charge in [-0.15, -0.1) is 0 Å². The minimum atomic E-state index is -0.834. The highest BCUT2D eigenvalue weighted by Gasteiger charge is 2.31. The maximum absolute atomic E-state index is 12.5. The molecule has 0 aromatic rings. The molecule has 7 heteroatoms. The molecule has 0 aliphatic heterocycles. The van der Waals surface area contributed by atoms with Crippen LogP contribution >= 0.6 is 22.9 Å². The Morgan fingerprint density at radius 3 is 2.23 bits per heavy atom. The third-order valence-electron chi connectivity index (χ3n) is 4.09. The fourth-order valence-electron chi connectivity index (χ4n) is 2.09. The van der Waals surface area contributed by atoms with Crippen LogP contribution in [0.3, 0.4) is 0 Å². The van der Waals surface area contributed by atoms with E-state index in [1.165, 1.54) is 0 Å². The number of ketones is 1. The molecule has 1 N–H and O–H groups in total. The molecule has 0 heterocycles. The van der Waals surface area contributed by atoms with Crippen molar-refractivity contribution in [3.63, 3.8) is 0 Å². The van der Waals surface area contributed by atoms with Gasteiger partial charge in [-0.05, 0) is 47.0 Å². The normalized spacial score (nSPS) is 13.9. The molecule has 0 aliphatic rings. The van der Waals surface area contributed by atoms with Crippen LogP contribution in [0.4, 0.5) is 0 Å². The summed E-state index contributed by atoms with van der Waals surface area (Å²) in [5.74, 6) is -0.359. The zero-order valence-corrected chi connectivity index (χ0v) is 18.9. The van der Waals surface area contributed by atoms with E-state index in [4.69, 9.17) is 14.2 Å². The van der Waals surface area contributed by atoms with Crippen LogP contribution in [0, 0.1) is 0 Å². The largest absolute Gasteiger partial charge is 0.460 e. The number of halogens is 1. The van der Waals surface area contributed by atoms with Gasteiger partial charge < -0.3 is 14.2 Å². The minimum absolute atomic E-state index is 0.0846. The van der Waals surface area contributed by atoms with Gasteiger partial charge in [0.15, 0.2) is 5.78 Å². The average molecular weight is 483 g/mol. The van der Waals surface area contributed by atoms with E-state index in [1.807, 2.05) is 20.8 Å². The molecule has 1 unspecified atom stereocenters. The summed E-state index contributed by atoms with van der Waals surface area (Å²) < 4.78 is 19.5. The maximum Gasteiger partial charge on any atom is 0.333 e. The van der Waals surface area contributed by atoms with Gasteiger partial charge in [0.05, 0.1) is 6.61 Å². The number of unbranched alkanes of at least 4 members (excludes halogenated alkanes) is 2. The first-order chi connectivity index (χ1) is 12.1. The Labute approximate surface area is 171 Å². The molecule has 26 heavy (non-hydrogen) atoms. The van der Waals surface area contributed by atoms with Crippen molar-refractivity contribution in [2.75, 3.05) is 19.8 Å². The molecule has 6 nitrogen and oxygen atoms in total. The van der Waals surface area contributed by atoms with Crippen LogP contribution in [0.25, 0.3) is 0 Å². The Kier molecular flexibility index (Phi) is 12.6. The molecule has 1 atom stereocenters. The summed E-state index contributed by atoms with van der Waals surface area (Å²) in [6, 6.07) is 0. The predicted molar refractivity (Wildman–Crippen MR) is 111 cm³/mol. The van der Waals surface area contributed by atoms with Crippen LogP contribution in [-0.4, -0.2) is 42.9 Å². The predicted octanol–water partition coefficient (Wildman–Crippen LogP) is 4.11. The lowest BCUT2D eigenvalue weighted by molar-refractivity contribution is -0.150. The molecule has 0 saturated carbocycles. The van der Waals surface area contributed by atoms with Crippen molar-refractivity contribution in [3.05, 3.63) is 12.2 Å². The average Bonchev–Trinajstić information content (AvgIpc) is 2.60. The number of Topliss-reactive ketones (excluding diaryl/α,β-unsaturated/α-hetero) is 1. The molecular weight excluding hydrogens is 449 g/mol. The first kappa shape index (κ1) is 25.5. The Bertz CT molecular complexity index is 467. The fourth-order valence-corrected chi connectivity index (χ4v) is 2.24. The van der Waals surface area contributed by atoms with E-state index in [9.17, 15) is 9.59 Å². The molecule has 0 rings (SSSR count). The number of hydrogen-bond acceptors (Lipinski definition) is 6. The van der Waals surface area contributed by atoms with Gasteiger partial charge in [0.2, 0.25) is 0 Å². The van der Waals surface area contributed by atoms with Gasteiger partial charge in [-0.25, -0.2) is 8.32 Å². The Balaban J connectivity index is 4.06. The third kappa shape index (κ3) is 10.6. The number of hydrogen-bond donors (Lipinski definition) is 1. The Morgan fingerprint density at radius 2 is 1.69 bits per heavy atom. The summed E-state index contributed by atoms with van der Waals surface area (Å²) in [5, 5.41) is 0. The van der Waals surface area contributed by atoms with Gasteiger partial charge >= 0.3 is 5.97 Å². The van der Waals surface area contributed by atoms with E-state index in [0.29, 0.717) is 25.0 Å². The summed E-state index contributed by atoms with van der Waals surface area (Å²) in [4.78, 5) is 23.8. The van der Waals surface area contributed by atoms with Crippen LogP contribution in [-0.2, 0) is 23.8 Å². The minimum Gasteiger partial charge on any atom is -0.460 e. The summed E-state index contributed by atoms with van der Waals surface area (Å²) >= 11 is 2.07. The third-order valence-corrected chi connectivity index (χ3v) is 5.39. The fraction of sp³-hybridized carbons (Fsp3) is 0.789. The van der Waals surface area contributed by atoms with Crippen molar-refractivity contribution in [1.82, 2.24) is 3.53 Å². The van der Waals surface area contributed by atoms with Crippen LogP contribution in [0.15, 0.2) is 12.2 Å². The second-order valence-corrected chi connectivity index (χ2v) is 7.58. The number of esters is 1. The van der Waals surface area contributed by atoms with E-state index in [1.54, 1.807) is 13.8 Å². The molecule has 0 radical (unpaired) electrons. The van der Waals surface area contributed by atoms with E-state index < -0.39 is 11.6 Å². The highest BCUT2D eigenvalue weighted by atomic mass is 127. The number of nitrogens with one attached hydrogen (secondary N) is 1. The van der Waals surface area contributed by atoms with Gasteiger partial charge in [-0.3, -0.25) is 4.79 Å². The smallest absolute Gasteiger partial charge is 0.333 e. The van der Waals surface area contributed by atoms with Crippen LogP contribution < -0.4 is 3.53 Å². The molecular formula is C19H34INO5. The second kappa shape index (κ2) is 12.8. The standard InChI is InChI=1S/C19H34INO5/c1-7-19(6,26-14-13-24-17(23)15(2)3)16(22)11-9-8-10-12-25-18(4,5)21-20/h21H,2,7-14H2,1,3-6H3. The number of carbonyl (C=O) groups is 2. The molecule has 152 valence electrons. The van der Waals surface area contributed by atoms with Crippen molar-refractivity contribution < 1.29 is 23.8 Å². The topological polar surface area (TPSA) is 73.9 Å². The molecule has 0 bridgehead atoms. The van der Waals surface area contributed by atoms with Crippen molar-refractivity contribution in [2.24, 2.45) is 0 Å². The molecule has 0 fully saturated rings. The monoisotopic (exact) mass is 483 g/mol. The number of carbonyl (C=O) groups excluding carboxylic acids is 2. The van der Waals surface area contributed by atoms with Gasteiger partial charge in [-0.2, -0.15) is 0 Å². The van der Waals surface area contributed by atoms with E-state index in [-0.39, 0.29) is 24.7 Å². The molecule has 0 aromatic carbocycles. The molecule has 0 saturated heterocycles. The van der Waals surface area contributed by atoms with Crippen molar-refractivity contribution >= 4 is 34.6 Å². The Morgan fingerprint density at radius 1 is 1.04 bits per heavy atom. The van der Waals surface area contributed by atoms with Crippen molar-refractivity contribution in [1.29, 1.82) is 0 Å². The van der Waals surface area contributed by atoms with Gasteiger partial charge in [0, 0.05) is 41.5 Å². The summed E-state index contributed by atoms with van der Waals surface area (Å²) in [6.07, 6.45) is 3.71. The lowest BCUT2D eigenvalue weighted by Gasteiger charge is -2.27. The summed E-state index contributed by atoms with van der Waals surface area (Å²) in [6.45, 7) is 13.7. The lowest BCUT2D eigenvalue weighted by atomic mass is 9.93. The second-order valence-electron chi connectivity index (χ2n) is 7.04. The van der Waals surface area contributed by atoms with Crippen LogP contribution in [0.5, 0.6) is 0 Å². The Hall–Kier alpha value is -0.510. The highest BCUT2D eigenvalue weighted by molar-refractivity contribution is 14.1. The van der Waals surface area contributed by atoms with Crippen molar-refractivity contribution in [3.8, 4) is 0 Å². The molecule has 0 aliphatic carbocycles. The van der Waals surface area contributed by atoms with Gasteiger partial charge in [0.25, 0.3) is 0 Å². The van der Waals surface area contributed by atoms with E-state index in [2.05, 4.69) is 33.0 Å².